The first-order valence-corrected chi connectivity index (χ1v) is 13.0. The smallest absolute Gasteiger partial charge is 0.176 e. The fourth-order valence-corrected chi connectivity index (χ4v) is 5.50. The SMILES string of the molecule is COc1cc(-c2ccc3ncc(C(=O)C4CC4)c(CC4CCCCN(C)CC4)c3c2)cc(Cl)c1O. The van der Waals surface area contributed by atoms with Crippen molar-refractivity contribution in [2.75, 3.05) is 27.2 Å². The van der Waals surface area contributed by atoms with Crippen molar-refractivity contribution in [2.45, 2.75) is 44.9 Å². The monoisotopic (exact) mass is 492 g/mol. The van der Waals surface area contributed by atoms with Crippen LogP contribution >= 0.6 is 11.6 Å². The standard InChI is InChI=1S/C29H33ClN2O3/c1-32-11-4-3-5-18(10-12-32)13-22-23-14-20(21-15-25(30)29(34)27(16-21)35-2)8-9-26(23)31-17-24(22)28(33)19-6-7-19/h8-9,14-19,34H,3-7,10-13H2,1-2H3. The zero-order valence-electron chi connectivity index (χ0n) is 20.5. The van der Waals surface area contributed by atoms with Gasteiger partial charge in [-0.05, 0) is 99.1 Å². The van der Waals surface area contributed by atoms with Gasteiger partial charge in [0.15, 0.2) is 17.3 Å². The molecule has 1 N–H and O–H groups in total. The molecule has 2 heterocycles. The Morgan fingerprint density at radius 3 is 2.71 bits per heavy atom. The molecule has 0 spiro atoms. The number of pyridine rings is 1. The number of methoxy groups -OCH3 is 1. The molecule has 5 nitrogen and oxygen atoms in total. The van der Waals surface area contributed by atoms with Crippen molar-refractivity contribution in [1.82, 2.24) is 9.88 Å². The maximum absolute atomic E-state index is 13.3. The molecule has 1 atom stereocenters. The number of likely N-dealkylation sites (tertiary alicyclic amines) is 1. The Labute approximate surface area is 212 Å². The molecule has 1 aliphatic carbocycles. The molecule has 1 saturated heterocycles. The van der Waals surface area contributed by atoms with Crippen LogP contribution in [0.25, 0.3) is 22.0 Å². The summed E-state index contributed by atoms with van der Waals surface area (Å²) in [7, 11) is 3.72. The van der Waals surface area contributed by atoms with Crippen LogP contribution in [0.15, 0.2) is 36.5 Å². The third kappa shape index (κ3) is 5.17. The quantitative estimate of drug-likeness (QED) is 0.396. The largest absolute Gasteiger partial charge is 0.503 e. The molecular weight excluding hydrogens is 460 g/mol. The number of rotatable bonds is 6. The molecule has 0 bridgehead atoms. The lowest BCUT2D eigenvalue weighted by Crippen LogP contribution is -2.26. The van der Waals surface area contributed by atoms with Gasteiger partial charge in [-0.25, -0.2) is 0 Å². The highest BCUT2D eigenvalue weighted by atomic mass is 35.5. The summed E-state index contributed by atoms with van der Waals surface area (Å²) in [4.78, 5) is 20.4. The van der Waals surface area contributed by atoms with E-state index in [0.29, 0.717) is 11.7 Å². The van der Waals surface area contributed by atoms with E-state index < -0.39 is 0 Å². The lowest BCUT2D eigenvalue weighted by molar-refractivity contribution is 0.0966. The molecule has 3 aromatic rings. The Bertz CT molecular complexity index is 1250. The molecule has 1 aliphatic heterocycles. The molecule has 184 valence electrons. The van der Waals surface area contributed by atoms with E-state index in [1.165, 1.54) is 32.9 Å². The highest BCUT2D eigenvalue weighted by Crippen LogP contribution is 2.40. The van der Waals surface area contributed by atoms with Crippen molar-refractivity contribution in [2.24, 2.45) is 11.8 Å². The van der Waals surface area contributed by atoms with E-state index in [4.69, 9.17) is 21.3 Å². The highest BCUT2D eigenvalue weighted by Gasteiger charge is 2.33. The second-order valence-electron chi connectivity index (χ2n) is 10.2. The average molecular weight is 493 g/mol. The van der Waals surface area contributed by atoms with E-state index in [-0.39, 0.29) is 22.5 Å². The summed E-state index contributed by atoms with van der Waals surface area (Å²) in [5.41, 5.74) is 4.64. The molecule has 2 aromatic carbocycles. The number of hydrogen-bond acceptors (Lipinski definition) is 5. The number of ether oxygens (including phenoxy) is 1. The van der Waals surface area contributed by atoms with Gasteiger partial charge in [-0.15, -0.1) is 0 Å². The molecule has 2 fully saturated rings. The molecule has 6 heteroatoms. The van der Waals surface area contributed by atoms with E-state index >= 15 is 0 Å². The lowest BCUT2D eigenvalue weighted by Gasteiger charge is -2.26. The zero-order valence-corrected chi connectivity index (χ0v) is 21.3. The van der Waals surface area contributed by atoms with Crippen LogP contribution in [0.5, 0.6) is 11.5 Å². The van der Waals surface area contributed by atoms with E-state index in [1.807, 2.05) is 18.3 Å². The Hall–Kier alpha value is -2.63. The number of aromatic nitrogens is 1. The van der Waals surface area contributed by atoms with Crippen molar-refractivity contribution in [3.8, 4) is 22.6 Å². The zero-order chi connectivity index (χ0) is 24.5. The highest BCUT2D eigenvalue weighted by molar-refractivity contribution is 6.32. The topological polar surface area (TPSA) is 62.7 Å². The van der Waals surface area contributed by atoms with Gasteiger partial charge in [-0.2, -0.15) is 0 Å². The van der Waals surface area contributed by atoms with Crippen molar-refractivity contribution in [1.29, 1.82) is 0 Å². The Balaban J connectivity index is 1.60. The van der Waals surface area contributed by atoms with E-state index in [0.717, 1.165) is 65.4 Å². The van der Waals surface area contributed by atoms with Crippen LogP contribution in [0, 0.1) is 11.8 Å². The minimum absolute atomic E-state index is 0.0624. The van der Waals surface area contributed by atoms with E-state index in [1.54, 1.807) is 12.1 Å². The number of phenols is 1. The summed E-state index contributed by atoms with van der Waals surface area (Å²) >= 11 is 6.28. The number of hydrogen-bond donors (Lipinski definition) is 1. The molecule has 1 unspecified atom stereocenters. The van der Waals surface area contributed by atoms with Gasteiger partial charge in [0.25, 0.3) is 0 Å². The van der Waals surface area contributed by atoms with Crippen LogP contribution in [0.4, 0.5) is 0 Å². The number of ketones is 1. The molecule has 0 amide bonds. The molecule has 2 aliphatic rings. The van der Waals surface area contributed by atoms with E-state index in [9.17, 15) is 9.90 Å². The number of nitrogens with zero attached hydrogens (tertiary/aromatic N) is 2. The Morgan fingerprint density at radius 2 is 1.94 bits per heavy atom. The summed E-state index contributed by atoms with van der Waals surface area (Å²) in [6, 6.07) is 9.68. The number of fused-ring (bicyclic) bond motifs is 1. The number of phenolic OH excluding ortho intramolecular Hbond substituents is 1. The summed E-state index contributed by atoms with van der Waals surface area (Å²) in [6.45, 7) is 2.26. The summed E-state index contributed by atoms with van der Waals surface area (Å²) < 4.78 is 5.32. The molecule has 0 radical (unpaired) electrons. The minimum Gasteiger partial charge on any atom is -0.503 e. The van der Waals surface area contributed by atoms with Gasteiger partial charge in [0.2, 0.25) is 0 Å². The number of halogens is 1. The van der Waals surface area contributed by atoms with Gasteiger partial charge in [0.05, 0.1) is 17.6 Å². The predicted molar refractivity (Wildman–Crippen MR) is 141 cm³/mol. The first-order chi connectivity index (χ1) is 16.9. The first-order valence-electron chi connectivity index (χ1n) is 12.7. The fraction of sp³-hybridized carbons (Fsp3) is 0.448. The maximum Gasteiger partial charge on any atom is 0.176 e. The predicted octanol–water partition coefficient (Wildman–Crippen LogP) is 6.53. The molecular formula is C29H33ClN2O3. The minimum atomic E-state index is -0.0624. The number of carbonyl (C=O) groups is 1. The fourth-order valence-electron chi connectivity index (χ4n) is 5.29. The van der Waals surface area contributed by atoms with Crippen LogP contribution in [-0.4, -0.2) is 48.0 Å². The van der Waals surface area contributed by atoms with Crippen LogP contribution in [0.3, 0.4) is 0 Å². The second kappa shape index (κ2) is 10.2. The Morgan fingerprint density at radius 1 is 1.11 bits per heavy atom. The van der Waals surface area contributed by atoms with Crippen LogP contribution in [0.2, 0.25) is 5.02 Å². The normalized spacial score (nSPS) is 19.3. The molecule has 35 heavy (non-hydrogen) atoms. The van der Waals surface area contributed by atoms with Gasteiger partial charge < -0.3 is 14.7 Å². The third-order valence-corrected chi connectivity index (χ3v) is 7.88. The first kappa shape index (κ1) is 24.1. The van der Waals surface area contributed by atoms with Gasteiger partial charge in [-0.3, -0.25) is 9.78 Å². The summed E-state index contributed by atoms with van der Waals surface area (Å²) in [6.07, 6.45) is 9.46. The number of aromatic hydroxyl groups is 1. The van der Waals surface area contributed by atoms with Gasteiger partial charge in [0.1, 0.15) is 0 Å². The van der Waals surface area contributed by atoms with Crippen LogP contribution < -0.4 is 4.74 Å². The molecule has 1 saturated carbocycles. The second-order valence-corrected chi connectivity index (χ2v) is 10.6. The van der Waals surface area contributed by atoms with Crippen LogP contribution in [-0.2, 0) is 6.42 Å². The molecule has 1 aromatic heterocycles. The Kier molecular flexibility index (Phi) is 6.99. The molecule has 5 rings (SSSR count). The van der Waals surface area contributed by atoms with Gasteiger partial charge in [-0.1, -0.05) is 30.5 Å². The van der Waals surface area contributed by atoms with Crippen LogP contribution in [0.1, 0.15) is 54.4 Å². The van der Waals surface area contributed by atoms with Crippen molar-refractivity contribution in [3.05, 3.63) is 52.7 Å². The summed E-state index contributed by atoms with van der Waals surface area (Å²) in [5.74, 6) is 1.22. The number of carbonyl (C=O) groups excluding carboxylic acids is 1. The average Bonchev–Trinajstić information content (AvgIpc) is 3.70. The van der Waals surface area contributed by atoms with E-state index in [2.05, 4.69) is 18.0 Å². The number of Topliss-reactive ketones (excluding diaryl/α,β-unsaturated/α-hetero) is 1. The van der Waals surface area contributed by atoms with Crippen molar-refractivity contribution >= 4 is 28.3 Å². The summed E-state index contributed by atoms with van der Waals surface area (Å²) in [5, 5.41) is 11.5. The van der Waals surface area contributed by atoms with Gasteiger partial charge in [0, 0.05) is 23.1 Å². The maximum atomic E-state index is 13.3. The van der Waals surface area contributed by atoms with Crippen molar-refractivity contribution in [3.63, 3.8) is 0 Å². The lowest BCUT2D eigenvalue weighted by atomic mass is 9.85. The van der Waals surface area contributed by atoms with Gasteiger partial charge >= 0.3 is 0 Å². The third-order valence-electron chi connectivity index (χ3n) is 7.59. The van der Waals surface area contributed by atoms with Crippen molar-refractivity contribution < 1.29 is 14.6 Å². The number of benzene rings is 2.